The van der Waals surface area contributed by atoms with Crippen LogP contribution < -0.4 is 15.5 Å². The number of nitrogens with one attached hydrogen (secondary N) is 3. The second kappa shape index (κ2) is 7.64. The van der Waals surface area contributed by atoms with Crippen LogP contribution in [0.4, 0.5) is 17.1 Å². The molecule has 8 heteroatoms. The maximum absolute atomic E-state index is 13.1. The van der Waals surface area contributed by atoms with Crippen LogP contribution in [0.2, 0.25) is 0 Å². The Morgan fingerprint density at radius 2 is 2.03 bits per heavy atom. The molecule has 32 heavy (non-hydrogen) atoms. The minimum Gasteiger partial charge on any atom is -0.340 e. The molecule has 3 N–H and O–H groups in total. The molecule has 162 valence electrons. The largest absolute Gasteiger partial charge is 0.340 e. The van der Waals surface area contributed by atoms with Crippen molar-refractivity contribution in [3.05, 3.63) is 59.8 Å². The van der Waals surface area contributed by atoms with Gasteiger partial charge >= 0.3 is 0 Å². The molecule has 0 saturated carbocycles. The monoisotopic (exact) mass is 428 g/mol. The van der Waals surface area contributed by atoms with Gasteiger partial charge in [0, 0.05) is 41.0 Å². The molecule has 0 unspecified atom stereocenters. The van der Waals surface area contributed by atoms with Crippen molar-refractivity contribution in [2.75, 3.05) is 28.6 Å². The van der Waals surface area contributed by atoms with Crippen molar-refractivity contribution in [3.63, 3.8) is 0 Å². The summed E-state index contributed by atoms with van der Waals surface area (Å²) in [5, 5.41) is 14.2. The topological polar surface area (TPSA) is 102 Å². The Morgan fingerprint density at radius 1 is 1.19 bits per heavy atom. The van der Waals surface area contributed by atoms with E-state index in [9.17, 15) is 9.59 Å². The minimum absolute atomic E-state index is 0.121. The van der Waals surface area contributed by atoms with Crippen LogP contribution in [0.25, 0.3) is 10.9 Å². The number of hydrogen-bond donors (Lipinski definition) is 3. The summed E-state index contributed by atoms with van der Waals surface area (Å²) in [6, 6.07) is 11.5. The van der Waals surface area contributed by atoms with Crippen LogP contribution in [0.15, 0.2) is 59.2 Å². The molecule has 5 rings (SSSR count). The predicted octanol–water partition coefficient (Wildman–Crippen LogP) is 3.60. The minimum atomic E-state index is -0.242. The summed E-state index contributed by atoms with van der Waals surface area (Å²) < 4.78 is 0. The second-order valence-electron chi connectivity index (χ2n) is 8.74. The summed E-state index contributed by atoms with van der Waals surface area (Å²) >= 11 is 0. The molecule has 0 fully saturated rings. The maximum atomic E-state index is 13.1. The number of aromatic amines is 1. The van der Waals surface area contributed by atoms with E-state index in [-0.39, 0.29) is 11.3 Å². The number of benzene rings is 2. The number of aromatic nitrogens is 2. The second-order valence-corrected chi connectivity index (χ2v) is 8.74. The normalized spacial score (nSPS) is 16.9. The van der Waals surface area contributed by atoms with Crippen molar-refractivity contribution >= 4 is 46.1 Å². The predicted molar refractivity (Wildman–Crippen MR) is 126 cm³/mol. The first kappa shape index (κ1) is 20.0. The van der Waals surface area contributed by atoms with Crippen molar-refractivity contribution in [2.24, 2.45) is 4.99 Å². The van der Waals surface area contributed by atoms with Crippen molar-refractivity contribution in [1.29, 1.82) is 0 Å². The molecule has 0 atom stereocenters. The summed E-state index contributed by atoms with van der Waals surface area (Å²) in [7, 11) is 0. The van der Waals surface area contributed by atoms with Gasteiger partial charge in [-0.05, 0) is 42.3 Å². The van der Waals surface area contributed by atoms with Gasteiger partial charge in [-0.15, -0.1) is 0 Å². The molecule has 2 aromatic carbocycles. The van der Waals surface area contributed by atoms with Gasteiger partial charge in [-0.1, -0.05) is 26.0 Å². The number of rotatable bonds is 4. The fourth-order valence-corrected chi connectivity index (χ4v) is 4.33. The van der Waals surface area contributed by atoms with Crippen LogP contribution in [0.3, 0.4) is 0 Å². The first-order chi connectivity index (χ1) is 15.4. The van der Waals surface area contributed by atoms with Gasteiger partial charge in [0.15, 0.2) is 0 Å². The van der Waals surface area contributed by atoms with Crippen LogP contribution in [-0.4, -0.2) is 41.4 Å². The smallest absolute Gasteiger partial charge is 0.259 e. The molecular formula is C24H24N6O2. The van der Waals surface area contributed by atoms with E-state index in [2.05, 4.69) is 39.7 Å². The SMILES string of the molecule is CC1(C)CN(C=O)c2cc(NC(=O)C3=CCCN=C3Nc3ccc4cn[nH]c4c3)ccc21. The van der Waals surface area contributed by atoms with E-state index in [1.54, 1.807) is 11.1 Å². The van der Waals surface area contributed by atoms with Crippen molar-refractivity contribution in [3.8, 4) is 0 Å². The first-order valence-electron chi connectivity index (χ1n) is 10.6. The summed E-state index contributed by atoms with van der Waals surface area (Å²) in [5.41, 5.74) is 4.67. The van der Waals surface area contributed by atoms with E-state index in [1.807, 2.05) is 42.5 Å². The van der Waals surface area contributed by atoms with E-state index < -0.39 is 0 Å². The van der Waals surface area contributed by atoms with Gasteiger partial charge in [0.2, 0.25) is 6.41 Å². The number of carbonyl (C=O) groups is 2. The van der Waals surface area contributed by atoms with E-state index >= 15 is 0 Å². The average Bonchev–Trinajstić information content (AvgIpc) is 3.35. The van der Waals surface area contributed by atoms with Crippen LogP contribution in [0.1, 0.15) is 25.8 Å². The van der Waals surface area contributed by atoms with Gasteiger partial charge in [-0.2, -0.15) is 5.10 Å². The number of aliphatic imine (C=N–C) groups is 1. The van der Waals surface area contributed by atoms with Crippen molar-refractivity contribution in [2.45, 2.75) is 25.7 Å². The Morgan fingerprint density at radius 3 is 2.88 bits per heavy atom. The van der Waals surface area contributed by atoms with E-state index in [0.717, 1.165) is 34.3 Å². The lowest BCUT2D eigenvalue weighted by Gasteiger charge is -2.18. The molecule has 2 aliphatic rings. The zero-order valence-corrected chi connectivity index (χ0v) is 18.0. The first-order valence-corrected chi connectivity index (χ1v) is 10.6. The molecule has 1 aromatic heterocycles. The lowest BCUT2D eigenvalue weighted by molar-refractivity contribution is -0.112. The highest BCUT2D eigenvalue weighted by Crippen LogP contribution is 2.41. The van der Waals surface area contributed by atoms with Gasteiger partial charge in [-0.3, -0.25) is 19.7 Å². The fourth-order valence-electron chi connectivity index (χ4n) is 4.33. The lowest BCUT2D eigenvalue weighted by atomic mass is 9.87. The Hall–Kier alpha value is -3.94. The number of nitrogens with zero attached hydrogens (tertiary/aromatic N) is 3. The number of H-pyrrole nitrogens is 1. The number of amides is 2. The number of hydrogen-bond acceptors (Lipinski definition) is 5. The Balaban J connectivity index is 1.36. The number of anilines is 3. The zero-order valence-electron chi connectivity index (χ0n) is 18.0. The van der Waals surface area contributed by atoms with Crippen LogP contribution in [-0.2, 0) is 15.0 Å². The average molecular weight is 428 g/mol. The molecule has 0 bridgehead atoms. The highest BCUT2D eigenvalue weighted by molar-refractivity contribution is 6.28. The fraction of sp³-hybridized carbons (Fsp3) is 0.250. The third kappa shape index (κ3) is 3.53. The van der Waals surface area contributed by atoms with Crippen LogP contribution in [0.5, 0.6) is 0 Å². The van der Waals surface area contributed by atoms with Crippen LogP contribution >= 0.6 is 0 Å². The van der Waals surface area contributed by atoms with Crippen LogP contribution in [0, 0.1) is 0 Å². The molecule has 3 aromatic rings. The van der Waals surface area contributed by atoms with Gasteiger partial charge in [0.1, 0.15) is 5.84 Å². The van der Waals surface area contributed by atoms with Crippen molar-refractivity contribution in [1.82, 2.24) is 10.2 Å². The molecular weight excluding hydrogens is 404 g/mol. The molecule has 0 saturated heterocycles. The van der Waals surface area contributed by atoms with Gasteiger partial charge in [0.25, 0.3) is 5.91 Å². The van der Waals surface area contributed by atoms with E-state index in [1.165, 1.54) is 0 Å². The summed E-state index contributed by atoms with van der Waals surface area (Å²) in [5.74, 6) is 0.290. The summed E-state index contributed by atoms with van der Waals surface area (Å²) in [4.78, 5) is 30.9. The molecule has 0 aliphatic carbocycles. The number of carbonyl (C=O) groups excluding carboxylic acids is 2. The third-order valence-electron chi connectivity index (χ3n) is 5.94. The maximum Gasteiger partial charge on any atom is 0.259 e. The number of amidine groups is 1. The highest BCUT2D eigenvalue weighted by Gasteiger charge is 2.35. The third-order valence-corrected chi connectivity index (χ3v) is 5.94. The van der Waals surface area contributed by atoms with Gasteiger partial charge in [0.05, 0.1) is 17.3 Å². The standard InChI is InChI=1S/C24H24N6O2/c1-24(2)13-30(14-31)21-11-17(7-8-19(21)24)28-23(32)18-4-3-9-25-22(18)27-16-6-5-15-12-26-29-20(15)10-16/h4-8,10-12,14H,3,9,13H2,1-2H3,(H,25,27)(H,26,29)(H,28,32). The lowest BCUT2D eigenvalue weighted by Crippen LogP contribution is -2.28. The Kier molecular flexibility index (Phi) is 4.77. The quantitative estimate of drug-likeness (QED) is 0.553. The zero-order chi connectivity index (χ0) is 22.3. The number of fused-ring (bicyclic) bond motifs is 2. The Labute approximate surface area is 185 Å². The summed E-state index contributed by atoms with van der Waals surface area (Å²) in [6.07, 6.45) is 5.20. The van der Waals surface area contributed by atoms with E-state index in [0.29, 0.717) is 36.6 Å². The highest BCUT2D eigenvalue weighted by atomic mass is 16.2. The van der Waals surface area contributed by atoms with Gasteiger partial charge < -0.3 is 15.5 Å². The van der Waals surface area contributed by atoms with E-state index in [4.69, 9.17) is 0 Å². The molecule has 2 aliphatic heterocycles. The molecule has 0 spiro atoms. The molecule has 0 radical (unpaired) electrons. The summed E-state index contributed by atoms with van der Waals surface area (Å²) in [6.45, 7) is 5.45. The molecule has 3 heterocycles. The Bertz CT molecular complexity index is 1290. The molecule has 2 amide bonds. The number of dihydropyridines is 1. The van der Waals surface area contributed by atoms with Crippen molar-refractivity contribution < 1.29 is 9.59 Å². The van der Waals surface area contributed by atoms with Gasteiger partial charge in [-0.25, -0.2) is 0 Å². The molecule has 8 nitrogen and oxygen atoms in total.